The number of fused-ring (bicyclic) bond motifs is 1. The number of carbonyl (C=O) groups excluding carboxylic acids is 2. The Morgan fingerprint density at radius 3 is 2.33 bits per heavy atom. The summed E-state index contributed by atoms with van der Waals surface area (Å²) < 4.78 is 0. The van der Waals surface area contributed by atoms with E-state index in [4.69, 9.17) is 0 Å². The highest BCUT2D eigenvalue weighted by molar-refractivity contribution is 6.06. The number of hydrogen-bond acceptors (Lipinski definition) is 3. The van der Waals surface area contributed by atoms with E-state index in [1.165, 1.54) is 6.07 Å². The first kappa shape index (κ1) is 17.0. The molecule has 0 fully saturated rings. The number of benzene rings is 2. The molecular formula is C22H18N2O3. The second-order valence-electron chi connectivity index (χ2n) is 6.58. The normalized spacial score (nSPS) is 13.1. The zero-order chi connectivity index (χ0) is 18.8. The van der Waals surface area contributed by atoms with Gasteiger partial charge in [0.05, 0.1) is 0 Å². The molecule has 0 saturated heterocycles. The summed E-state index contributed by atoms with van der Waals surface area (Å²) in [4.78, 5) is 39.5. The van der Waals surface area contributed by atoms with Crippen LogP contribution in [0.25, 0.3) is 11.1 Å². The molecule has 0 saturated carbocycles. The molecule has 0 unspecified atom stereocenters. The average Bonchev–Trinajstić information content (AvgIpc) is 2.69. The van der Waals surface area contributed by atoms with Crippen LogP contribution in [0, 0.1) is 0 Å². The van der Waals surface area contributed by atoms with Gasteiger partial charge in [-0.1, -0.05) is 42.5 Å². The summed E-state index contributed by atoms with van der Waals surface area (Å²) in [5, 5.41) is 2.73. The van der Waals surface area contributed by atoms with Crippen LogP contribution in [0.5, 0.6) is 0 Å². The van der Waals surface area contributed by atoms with Crippen molar-refractivity contribution in [2.75, 3.05) is 5.32 Å². The molecule has 0 spiro atoms. The summed E-state index contributed by atoms with van der Waals surface area (Å²) in [5.74, 6) is -0.557. The van der Waals surface area contributed by atoms with Gasteiger partial charge in [0.1, 0.15) is 5.56 Å². The highest BCUT2D eigenvalue weighted by Crippen LogP contribution is 2.22. The van der Waals surface area contributed by atoms with Gasteiger partial charge in [0, 0.05) is 23.4 Å². The maximum Gasteiger partial charge on any atom is 0.261 e. The van der Waals surface area contributed by atoms with Crippen molar-refractivity contribution < 1.29 is 9.59 Å². The van der Waals surface area contributed by atoms with Crippen molar-refractivity contribution >= 4 is 17.4 Å². The van der Waals surface area contributed by atoms with E-state index in [1.54, 1.807) is 12.1 Å². The molecule has 3 aromatic rings. The first-order valence-electron chi connectivity index (χ1n) is 8.88. The fourth-order valence-corrected chi connectivity index (χ4v) is 3.32. The Morgan fingerprint density at radius 1 is 0.889 bits per heavy atom. The van der Waals surface area contributed by atoms with Gasteiger partial charge in [-0.2, -0.15) is 0 Å². The molecular weight excluding hydrogens is 340 g/mol. The zero-order valence-electron chi connectivity index (χ0n) is 14.6. The number of amides is 1. The fraction of sp³-hybridized carbons (Fsp3) is 0.136. The molecule has 4 rings (SSSR count). The lowest BCUT2D eigenvalue weighted by Gasteiger charge is -2.15. The van der Waals surface area contributed by atoms with Gasteiger partial charge >= 0.3 is 0 Å². The van der Waals surface area contributed by atoms with E-state index >= 15 is 0 Å². The second-order valence-corrected chi connectivity index (χ2v) is 6.58. The number of rotatable bonds is 3. The van der Waals surface area contributed by atoms with Crippen LogP contribution in [0.1, 0.15) is 39.3 Å². The Kier molecular flexibility index (Phi) is 4.42. The van der Waals surface area contributed by atoms with Crippen LogP contribution in [-0.2, 0) is 6.42 Å². The number of pyridine rings is 1. The summed E-state index contributed by atoms with van der Waals surface area (Å²) in [6.07, 6.45) is 1.82. The third-order valence-corrected chi connectivity index (χ3v) is 4.75. The summed E-state index contributed by atoms with van der Waals surface area (Å²) >= 11 is 0. The van der Waals surface area contributed by atoms with Gasteiger partial charge in [-0.05, 0) is 42.2 Å². The van der Waals surface area contributed by atoms with Gasteiger partial charge in [0.2, 0.25) is 0 Å². The van der Waals surface area contributed by atoms with Gasteiger partial charge in [-0.25, -0.2) is 0 Å². The first-order valence-corrected chi connectivity index (χ1v) is 8.88. The molecule has 0 radical (unpaired) electrons. The van der Waals surface area contributed by atoms with Crippen LogP contribution < -0.4 is 10.9 Å². The summed E-state index contributed by atoms with van der Waals surface area (Å²) in [7, 11) is 0. The topological polar surface area (TPSA) is 79.0 Å². The van der Waals surface area contributed by atoms with Gasteiger partial charge in [-0.15, -0.1) is 0 Å². The lowest BCUT2D eigenvalue weighted by atomic mass is 9.93. The van der Waals surface area contributed by atoms with Gasteiger partial charge < -0.3 is 10.3 Å². The van der Waals surface area contributed by atoms with Crippen molar-refractivity contribution in [2.45, 2.75) is 19.3 Å². The quantitative estimate of drug-likeness (QED) is 0.747. The van der Waals surface area contributed by atoms with Crippen LogP contribution in [0.15, 0.2) is 65.5 Å². The number of H-pyrrole nitrogens is 1. The molecule has 1 amide bonds. The Labute approximate surface area is 156 Å². The van der Waals surface area contributed by atoms with Crippen molar-refractivity contribution in [3.05, 3.63) is 87.8 Å². The average molecular weight is 358 g/mol. The lowest BCUT2D eigenvalue weighted by molar-refractivity contribution is 0.0971. The maximum absolute atomic E-state index is 12.5. The van der Waals surface area contributed by atoms with Crippen molar-refractivity contribution in [3.63, 3.8) is 0 Å². The number of aromatic nitrogens is 1. The predicted molar refractivity (Wildman–Crippen MR) is 104 cm³/mol. The maximum atomic E-state index is 12.5. The van der Waals surface area contributed by atoms with Crippen LogP contribution in [0.3, 0.4) is 0 Å². The van der Waals surface area contributed by atoms with E-state index in [0.29, 0.717) is 29.8 Å². The van der Waals surface area contributed by atoms with Crippen molar-refractivity contribution in [3.8, 4) is 11.1 Å². The number of aryl methyl sites for hydroxylation is 1. The number of Topliss-reactive ketones (excluding diaryl/α,β-unsaturated/α-hetero) is 1. The number of anilines is 1. The molecule has 1 aliphatic rings. The Hall–Kier alpha value is -3.47. The van der Waals surface area contributed by atoms with Crippen molar-refractivity contribution in [2.24, 2.45) is 0 Å². The van der Waals surface area contributed by atoms with Crippen LogP contribution in [-0.4, -0.2) is 16.7 Å². The van der Waals surface area contributed by atoms with Crippen molar-refractivity contribution in [1.82, 2.24) is 4.98 Å². The minimum absolute atomic E-state index is 0.0336. The van der Waals surface area contributed by atoms with Gasteiger partial charge in [0.15, 0.2) is 5.78 Å². The Balaban J connectivity index is 1.57. The molecule has 2 N–H and O–H groups in total. The summed E-state index contributed by atoms with van der Waals surface area (Å²) in [6.45, 7) is 0. The fourth-order valence-electron chi connectivity index (χ4n) is 3.32. The SMILES string of the molecule is O=C1CCCc2[nH]c(=O)c(C(=O)Nc3ccc(-c4ccccc4)cc3)cc21. The molecule has 5 heteroatoms. The monoisotopic (exact) mass is 358 g/mol. The zero-order valence-corrected chi connectivity index (χ0v) is 14.6. The Morgan fingerprint density at radius 2 is 1.59 bits per heavy atom. The highest BCUT2D eigenvalue weighted by Gasteiger charge is 2.22. The first-order chi connectivity index (χ1) is 13.1. The van der Waals surface area contributed by atoms with E-state index in [-0.39, 0.29) is 11.3 Å². The van der Waals surface area contributed by atoms with E-state index in [0.717, 1.165) is 17.5 Å². The number of ketones is 1. The molecule has 2 aromatic carbocycles. The highest BCUT2D eigenvalue weighted by atomic mass is 16.2. The van der Waals surface area contributed by atoms with Crippen molar-refractivity contribution in [1.29, 1.82) is 0 Å². The number of hydrogen-bond donors (Lipinski definition) is 2. The van der Waals surface area contributed by atoms with Crippen LogP contribution in [0.4, 0.5) is 5.69 Å². The molecule has 134 valence electrons. The van der Waals surface area contributed by atoms with E-state index in [2.05, 4.69) is 10.3 Å². The molecule has 1 aliphatic carbocycles. The molecule has 0 atom stereocenters. The predicted octanol–water partition coefficient (Wildman–Crippen LogP) is 3.81. The number of aromatic amines is 1. The van der Waals surface area contributed by atoms with Crippen LogP contribution >= 0.6 is 0 Å². The standard InChI is InChI=1S/C22H18N2O3/c25-20-8-4-7-19-17(20)13-18(22(27)24-19)21(26)23-16-11-9-15(10-12-16)14-5-2-1-3-6-14/h1-3,5-6,9-13H,4,7-8H2,(H,23,26)(H,24,27). The van der Waals surface area contributed by atoms with Gasteiger partial charge in [-0.3, -0.25) is 14.4 Å². The number of carbonyl (C=O) groups is 2. The minimum Gasteiger partial charge on any atom is -0.325 e. The molecule has 0 bridgehead atoms. The second kappa shape index (κ2) is 7.03. The third kappa shape index (κ3) is 3.44. The Bertz CT molecular complexity index is 1070. The van der Waals surface area contributed by atoms with Gasteiger partial charge in [0.25, 0.3) is 11.5 Å². The molecule has 27 heavy (non-hydrogen) atoms. The molecule has 0 aliphatic heterocycles. The largest absolute Gasteiger partial charge is 0.325 e. The summed E-state index contributed by atoms with van der Waals surface area (Å²) in [5.41, 5.74) is 3.26. The van der Waals surface area contributed by atoms with E-state index in [1.807, 2.05) is 42.5 Å². The van der Waals surface area contributed by atoms with E-state index in [9.17, 15) is 14.4 Å². The van der Waals surface area contributed by atoms with E-state index < -0.39 is 11.5 Å². The van der Waals surface area contributed by atoms with Crippen LogP contribution in [0.2, 0.25) is 0 Å². The number of nitrogens with one attached hydrogen (secondary N) is 2. The lowest BCUT2D eigenvalue weighted by Crippen LogP contribution is -2.27. The molecule has 5 nitrogen and oxygen atoms in total. The summed E-state index contributed by atoms with van der Waals surface area (Å²) in [6, 6.07) is 18.7. The minimum atomic E-state index is -0.523. The third-order valence-electron chi connectivity index (χ3n) is 4.75. The molecule has 1 heterocycles. The smallest absolute Gasteiger partial charge is 0.261 e. The molecule has 1 aromatic heterocycles.